The molecule has 0 aliphatic carbocycles. The maximum atomic E-state index is 12.8. The zero-order valence-corrected chi connectivity index (χ0v) is 18.1. The van der Waals surface area contributed by atoms with Crippen LogP contribution in [0.3, 0.4) is 0 Å². The SMILES string of the molecule is CCOc1c(/C=C2/NC(=O)N(Cc3ccc(C(=O)OC)o3)C2=O)cc(Br)cc1OC. The Hall–Kier alpha value is -3.27. The van der Waals surface area contributed by atoms with E-state index in [1.165, 1.54) is 32.4 Å². The molecule has 0 saturated carbocycles. The molecule has 1 aliphatic rings. The maximum Gasteiger partial charge on any atom is 0.373 e. The summed E-state index contributed by atoms with van der Waals surface area (Å²) >= 11 is 3.39. The number of hydrogen-bond donors (Lipinski definition) is 1. The van der Waals surface area contributed by atoms with Crippen molar-refractivity contribution in [1.29, 1.82) is 0 Å². The summed E-state index contributed by atoms with van der Waals surface area (Å²) in [6.45, 7) is 2.08. The van der Waals surface area contributed by atoms with Crippen LogP contribution in [0.5, 0.6) is 11.5 Å². The van der Waals surface area contributed by atoms with E-state index < -0.39 is 17.9 Å². The molecular formula is C20H19BrN2O7. The number of nitrogens with zero attached hydrogens (tertiary/aromatic N) is 1. The fourth-order valence-corrected chi connectivity index (χ4v) is 3.30. The summed E-state index contributed by atoms with van der Waals surface area (Å²) in [4.78, 5) is 37.6. The highest BCUT2D eigenvalue weighted by molar-refractivity contribution is 9.10. The maximum absolute atomic E-state index is 12.8. The molecule has 10 heteroatoms. The number of carbonyl (C=O) groups excluding carboxylic acids is 3. The third-order valence-electron chi connectivity index (χ3n) is 4.18. The first-order valence-electron chi connectivity index (χ1n) is 8.89. The molecule has 1 saturated heterocycles. The van der Waals surface area contributed by atoms with Gasteiger partial charge in [-0.25, -0.2) is 9.59 Å². The average molecular weight is 479 g/mol. The van der Waals surface area contributed by atoms with Crippen molar-refractivity contribution in [2.24, 2.45) is 0 Å². The van der Waals surface area contributed by atoms with E-state index in [0.29, 0.717) is 28.1 Å². The van der Waals surface area contributed by atoms with E-state index in [1.807, 2.05) is 6.92 Å². The van der Waals surface area contributed by atoms with Crippen LogP contribution in [0, 0.1) is 0 Å². The lowest BCUT2D eigenvalue weighted by molar-refractivity contribution is -0.123. The third-order valence-corrected chi connectivity index (χ3v) is 4.64. The van der Waals surface area contributed by atoms with Gasteiger partial charge in [-0.1, -0.05) is 15.9 Å². The summed E-state index contributed by atoms with van der Waals surface area (Å²) in [7, 11) is 2.74. The van der Waals surface area contributed by atoms with Crippen molar-refractivity contribution in [3.8, 4) is 11.5 Å². The van der Waals surface area contributed by atoms with Crippen molar-refractivity contribution in [3.63, 3.8) is 0 Å². The summed E-state index contributed by atoms with van der Waals surface area (Å²) in [5, 5.41) is 2.54. The van der Waals surface area contributed by atoms with Gasteiger partial charge in [0.25, 0.3) is 5.91 Å². The number of rotatable bonds is 7. The zero-order chi connectivity index (χ0) is 21.8. The number of urea groups is 1. The molecule has 0 spiro atoms. The number of amides is 3. The average Bonchev–Trinajstić information content (AvgIpc) is 3.29. The molecule has 30 heavy (non-hydrogen) atoms. The molecule has 0 unspecified atom stereocenters. The zero-order valence-electron chi connectivity index (χ0n) is 16.5. The molecule has 1 aromatic heterocycles. The summed E-state index contributed by atoms with van der Waals surface area (Å²) < 4.78 is 21.6. The summed E-state index contributed by atoms with van der Waals surface area (Å²) in [5.41, 5.74) is 0.625. The molecule has 1 N–H and O–H groups in total. The second-order valence-electron chi connectivity index (χ2n) is 6.10. The summed E-state index contributed by atoms with van der Waals surface area (Å²) in [6, 6.07) is 5.80. The highest BCUT2D eigenvalue weighted by Crippen LogP contribution is 2.36. The quantitative estimate of drug-likeness (QED) is 0.369. The van der Waals surface area contributed by atoms with Crippen LogP contribution in [0.4, 0.5) is 4.79 Å². The van der Waals surface area contributed by atoms with Crippen LogP contribution < -0.4 is 14.8 Å². The number of hydrogen-bond acceptors (Lipinski definition) is 7. The first-order valence-corrected chi connectivity index (χ1v) is 9.69. The van der Waals surface area contributed by atoms with Crippen molar-refractivity contribution < 1.29 is 33.0 Å². The number of methoxy groups -OCH3 is 2. The molecule has 2 heterocycles. The van der Waals surface area contributed by atoms with Crippen LogP contribution in [0.25, 0.3) is 6.08 Å². The molecule has 0 atom stereocenters. The van der Waals surface area contributed by atoms with Gasteiger partial charge in [0, 0.05) is 10.0 Å². The number of benzene rings is 1. The Labute approximate surface area is 180 Å². The van der Waals surface area contributed by atoms with E-state index in [-0.39, 0.29) is 23.8 Å². The Kier molecular flexibility index (Phi) is 6.46. The minimum atomic E-state index is -0.647. The predicted octanol–water partition coefficient (Wildman–Crippen LogP) is 3.33. The molecule has 3 amide bonds. The van der Waals surface area contributed by atoms with Gasteiger partial charge in [0.05, 0.1) is 27.4 Å². The highest BCUT2D eigenvalue weighted by atomic mass is 79.9. The molecule has 0 radical (unpaired) electrons. The number of ether oxygens (including phenoxy) is 3. The van der Waals surface area contributed by atoms with Gasteiger partial charge in [-0.05, 0) is 37.3 Å². The van der Waals surface area contributed by atoms with Crippen molar-refractivity contribution in [2.45, 2.75) is 13.5 Å². The molecule has 1 fully saturated rings. The Morgan fingerprint density at radius 1 is 1.27 bits per heavy atom. The van der Waals surface area contributed by atoms with Gasteiger partial charge in [0.2, 0.25) is 5.76 Å². The molecule has 0 bridgehead atoms. The minimum Gasteiger partial charge on any atom is -0.493 e. The van der Waals surface area contributed by atoms with Crippen LogP contribution in [-0.4, -0.2) is 43.6 Å². The van der Waals surface area contributed by atoms with E-state index in [0.717, 1.165) is 4.90 Å². The number of nitrogens with one attached hydrogen (secondary N) is 1. The van der Waals surface area contributed by atoms with E-state index >= 15 is 0 Å². The third kappa shape index (κ3) is 4.33. The standard InChI is InChI=1S/C20H19BrN2O7/c1-4-29-17-11(7-12(21)9-16(17)27-2)8-14-18(24)23(20(26)22-14)10-13-5-6-15(30-13)19(25)28-3/h5-9H,4,10H2,1-3H3,(H,22,26)/b14-8+. The summed E-state index contributed by atoms with van der Waals surface area (Å²) in [5.74, 6) is -0.0109. The molecule has 1 aliphatic heterocycles. The lowest BCUT2D eigenvalue weighted by Gasteiger charge is -2.13. The van der Waals surface area contributed by atoms with Gasteiger partial charge >= 0.3 is 12.0 Å². The second-order valence-corrected chi connectivity index (χ2v) is 7.01. The molecule has 9 nitrogen and oxygen atoms in total. The molecule has 3 rings (SSSR count). The first kappa shape index (κ1) is 21.4. The minimum absolute atomic E-state index is 0.0158. The van der Waals surface area contributed by atoms with Gasteiger partial charge in [0.1, 0.15) is 11.5 Å². The monoisotopic (exact) mass is 478 g/mol. The fourth-order valence-electron chi connectivity index (χ4n) is 2.85. The van der Waals surface area contributed by atoms with Crippen molar-refractivity contribution >= 4 is 39.9 Å². The largest absolute Gasteiger partial charge is 0.493 e. The van der Waals surface area contributed by atoms with Gasteiger partial charge in [0.15, 0.2) is 11.5 Å². The van der Waals surface area contributed by atoms with Crippen LogP contribution in [0.2, 0.25) is 0 Å². The smallest absolute Gasteiger partial charge is 0.373 e. The Morgan fingerprint density at radius 3 is 2.70 bits per heavy atom. The van der Waals surface area contributed by atoms with Crippen molar-refractivity contribution in [1.82, 2.24) is 10.2 Å². The van der Waals surface area contributed by atoms with Crippen LogP contribution in [0.15, 0.2) is 38.9 Å². The number of imide groups is 1. The first-order chi connectivity index (χ1) is 14.4. The topological polar surface area (TPSA) is 107 Å². The van der Waals surface area contributed by atoms with Crippen LogP contribution >= 0.6 is 15.9 Å². The number of halogens is 1. The molecule has 2 aromatic rings. The van der Waals surface area contributed by atoms with E-state index in [1.54, 1.807) is 12.1 Å². The van der Waals surface area contributed by atoms with E-state index in [2.05, 4.69) is 26.0 Å². The van der Waals surface area contributed by atoms with Gasteiger partial charge in [-0.3, -0.25) is 9.69 Å². The lowest BCUT2D eigenvalue weighted by atomic mass is 10.1. The Bertz CT molecular complexity index is 1030. The number of esters is 1. The summed E-state index contributed by atoms with van der Waals surface area (Å²) in [6.07, 6.45) is 1.51. The second kappa shape index (κ2) is 9.04. The highest BCUT2D eigenvalue weighted by Gasteiger charge is 2.34. The molecule has 1 aromatic carbocycles. The number of carbonyl (C=O) groups is 3. The van der Waals surface area contributed by atoms with Crippen LogP contribution in [0.1, 0.15) is 28.8 Å². The molecule has 158 valence electrons. The lowest BCUT2D eigenvalue weighted by Crippen LogP contribution is -2.30. The van der Waals surface area contributed by atoms with Crippen LogP contribution in [-0.2, 0) is 16.1 Å². The normalized spacial score (nSPS) is 14.8. The predicted molar refractivity (Wildman–Crippen MR) is 109 cm³/mol. The Morgan fingerprint density at radius 2 is 2.03 bits per heavy atom. The van der Waals surface area contributed by atoms with E-state index in [9.17, 15) is 14.4 Å². The van der Waals surface area contributed by atoms with Gasteiger partial charge < -0.3 is 23.9 Å². The Balaban J connectivity index is 1.87. The van der Waals surface area contributed by atoms with Gasteiger partial charge in [-0.15, -0.1) is 0 Å². The fraction of sp³-hybridized carbons (Fsp3) is 0.250. The van der Waals surface area contributed by atoms with Crippen molar-refractivity contribution in [3.05, 3.63) is 51.5 Å². The number of furan rings is 1. The van der Waals surface area contributed by atoms with E-state index in [4.69, 9.17) is 13.9 Å². The van der Waals surface area contributed by atoms with Gasteiger partial charge in [-0.2, -0.15) is 0 Å². The van der Waals surface area contributed by atoms with Crippen molar-refractivity contribution in [2.75, 3.05) is 20.8 Å². The molecular weight excluding hydrogens is 460 g/mol.